The number of hydrogen-bond acceptors (Lipinski definition) is 6. The Hall–Kier alpha value is -1.29. The highest BCUT2D eigenvalue weighted by Gasteiger charge is 2.23. The molecule has 3 rings (SSSR count). The van der Waals surface area contributed by atoms with Gasteiger partial charge in [0.05, 0.1) is 9.79 Å². The first-order valence-electron chi connectivity index (χ1n) is 13.2. The number of benzene rings is 2. The highest BCUT2D eigenvalue weighted by Crippen LogP contribution is 2.28. The van der Waals surface area contributed by atoms with E-state index in [-0.39, 0.29) is 0 Å². The Bertz CT molecular complexity index is 1040. The lowest BCUT2D eigenvalue weighted by molar-refractivity contribution is 0.213. The molecule has 2 aromatic carbocycles. The van der Waals surface area contributed by atoms with E-state index in [1.807, 2.05) is 12.1 Å². The van der Waals surface area contributed by atoms with Crippen LogP contribution in [0.2, 0.25) is 0 Å². The second-order valence-electron chi connectivity index (χ2n) is 10.3. The minimum atomic E-state index is -3.63. The van der Waals surface area contributed by atoms with Crippen LogP contribution in [-0.2, 0) is 22.8 Å². The molecule has 2 aromatic rings. The molecule has 0 spiro atoms. The molecule has 6 nitrogen and oxygen atoms in total. The zero-order valence-electron chi connectivity index (χ0n) is 22.1. The van der Waals surface area contributed by atoms with Gasteiger partial charge >= 0.3 is 0 Å². The predicted octanol–water partition coefficient (Wildman–Crippen LogP) is 4.19. The number of hydrogen-bond donors (Lipinski definition) is 2. The summed E-state index contributed by atoms with van der Waals surface area (Å²) in [7, 11) is -1.46. The van der Waals surface area contributed by atoms with Gasteiger partial charge in [-0.2, -0.15) is 0 Å². The summed E-state index contributed by atoms with van der Waals surface area (Å²) in [6.45, 7) is 12.8. The summed E-state index contributed by atoms with van der Waals surface area (Å²) in [5.74, 6) is 0.459. The van der Waals surface area contributed by atoms with Crippen LogP contribution >= 0.6 is 15.9 Å². The van der Waals surface area contributed by atoms with E-state index in [0.717, 1.165) is 87.2 Å². The molecule has 200 valence electrons. The van der Waals surface area contributed by atoms with Gasteiger partial charge in [0.25, 0.3) is 0 Å². The maximum atomic E-state index is 13.8. The highest BCUT2D eigenvalue weighted by molar-refractivity contribution is 9.10. The Morgan fingerprint density at radius 3 is 2.22 bits per heavy atom. The number of sulfone groups is 1. The molecule has 36 heavy (non-hydrogen) atoms. The van der Waals surface area contributed by atoms with Gasteiger partial charge in [-0.15, -0.1) is 0 Å². The van der Waals surface area contributed by atoms with Gasteiger partial charge in [-0.05, 0) is 99.9 Å². The molecule has 1 aliphatic heterocycles. The van der Waals surface area contributed by atoms with Crippen LogP contribution in [0.1, 0.15) is 37.8 Å². The topological polar surface area (TPSA) is 64.7 Å². The Labute approximate surface area is 226 Å². The maximum absolute atomic E-state index is 13.8. The molecule has 0 aromatic heterocycles. The first-order valence-corrected chi connectivity index (χ1v) is 15.5. The Balaban J connectivity index is 1.88. The van der Waals surface area contributed by atoms with Crippen molar-refractivity contribution in [1.29, 1.82) is 0 Å². The number of rotatable bonds is 6. The van der Waals surface area contributed by atoms with Gasteiger partial charge in [-0.3, -0.25) is 4.90 Å². The smallest absolute Gasteiger partial charge is 0.206 e. The molecule has 0 bridgehead atoms. The third-order valence-electron chi connectivity index (χ3n) is 6.58. The SMILES string of the molecule is CC(C)Cc1ccc(CN2CCCNCCNCCCN(C)CC2)c(S(=O)(=O)c2ccc(Br)cc2)c1. The van der Waals surface area contributed by atoms with Crippen molar-refractivity contribution in [3.63, 3.8) is 0 Å². The van der Waals surface area contributed by atoms with Gasteiger partial charge in [-0.25, -0.2) is 8.42 Å². The number of likely N-dealkylation sites (N-methyl/N-ethyl adjacent to an activating group) is 1. The summed E-state index contributed by atoms with van der Waals surface area (Å²) >= 11 is 3.42. The quantitative estimate of drug-likeness (QED) is 0.536. The molecule has 0 amide bonds. The first kappa shape index (κ1) is 29.3. The van der Waals surface area contributed by atoms with Gasteiger partial charge in [0, 0.05) is 37.2 Å². The van der Waals surface area contributed by atoms with E-state index >= 15 is 0 Å². The average molecular weight is 580 g/mol. The zero-order valence-corrected chi connectivity index (χ0v) is 24.5. The Morgan fingerprint density at radius 1 is 0.889 bits per heavy atom. The minimum absolute atomic E-state index is 0.340. The summed E-state index contributed by atoms with van der Waals surface area (Å²) in [4.78, 5) is 5.58. The van der Waals surface area contributed by atoms with Crippen LogP contribution in [0.3, 0.4) is 0 Å². The standard InChI is InChI=1S/C28H43BrN4O2S/c1-23(2)20-24-6-7-25(28(21-24)36(34,35)27-10-8-26(29)9-11-27)22-33-17-5-13-31-15-14-30-12-4-16-32(3)18-19-33/h6-11,21,23,30-31H,4-5,12-20,22H2,1-3H3. The Morgan fingerprint density at radius 2 is 1.56 bits per heavy atom. The highest BCUT2D eigenvalue weighted by atomic mass is 79.9. The third kappa shape index (κ3) is 9.23. The second-order valence-corrected chi connectivity index (χ2v) is 13.1. The molecule has 2 N–H and O–H groups in total. The fraction of sp³-hybridized carbons (Fsp3) is 0.571. The van der Waals surface area contributed by atoms with Gasteiger partial charge in [-0.1, -0.05) is 41.9 Å². The molecular formula is C28H43BrN4O2S. The van der Waals surface area contributed by atoms with E-state index < -0.39 is 9.84 Å². The van der Waals surface area contributed by atoms with Crippen LogP contribution in [0, 0.1) is 5.92 Å². The van der Waals surface area contributed by atoms with Crippen LogP contribution in [0.15, 0.2) is 56.7 Å². The number of nitrogens with zero attached hydrogens (tertiary/aromatic N) is 2. The van der Waals surface area contributed by atoms with E-state index in [1.54, 1.807) is 24.3 Å². The fourth-order valence-electron chi connectivity index (χ4n) is 4.58. The summed E-state index contributed by atoms with van der Waals surface area (Å²) in [6.07, 6.45) is 3.02. The van der Waals surface area contributed by atoms with Crippen molar-refractivity contribution < 1.29 is 8.42 Å². The molecule has 1 aliphatic rings. The van der Waals surface area contributed by atoms with E-state index in [0.29, 0.717) is 22.3 Å². The molecule has 1 heterocycles. The lowest BCUT2D eigenvalue weighted by atomic mass is 10.0. The van der Waals surface area contributed by atoms with E-state index in [9.17, 15) is 8.42 Å². The normalized spacial score (nSPS) is 18.2. The largest absolute Gasteiger partial charge is 0.315 e. The Kier molecular flexibility index (Phi) is 11.9. The molecule has 0 saturated carbocycles. The molecule has 8 heteroatoms. The van der Waals surface area contributed by atoms with Crippen molar-refractivity contribution in [3.05, 3.63) is 58.1 Å². The molecule has 0 unspecified atom stereocenters. The lowest BCUT2D eigenvalue weighted by Crippen LogP contribution is -2.37. The van der Waals surface area contributed by atoms with Crippen LogP contribution in [-0.4, -0.2) is 77.6 Å². The van der Waals surface area contributed by atoms with E-state index in [2.05, 4.69) is 63.3 Å². The van der Waals surface area contributed by atoms with Gasteiger partial charge in [0.1, 0.15) is 0 Å². The van der Waals surface area contributed by atoms with Crippen molar-refractivity contribution in [2.75, 3.05) is 59.4 Å². The number of nitrogens with one attached hydrogen (secondary N) is 2. The van der Waals surface area contributed by atoms with Crippen molar-refractivity contribution in [2.24, 2.45) is 5.92 Å². The van der Waals surface area contributed by atoms with Crippen molar-refractivity contribution in [3.8, 4) is 0 Å². The predicted molar refractivity (Wildman–Crippen MR) is 152 cm³/mol. The van der Waals surface area contributed by atoms with Crippen molar-refractivity contribution in [1.82, 2.24) is 20.4 Å². The number of halogens is 1. The molecule has 1 fully saturated rings. The summed E-state index contributed by atoms with van der Waals surface area (Å²) < 4.78 is 28.5. The molecule has 1 saturated heterocycles. The van der Waals surface area contributed by atoms with Gasteiger partial charge < -0.3 is 15.5 Å². The van der Waals surface area contributed by atoms with Crippen LogP contribution in [0.4, 0.5) is 0 Å². The molecular weight excluding hydrogens is 536 g/mol. The third-order valence-corrected chi connectivity index (χ3v) is 8.96. The average Bonchev–Trinajstić information content (AvgIpc) is 2.83. The van der Waals surface area contributed by atoms with E-state index in [4.69, 9.17) is 0 Å². The van der Waals surface area contributed by atoms with Crippen molar-refractivity contribution >= 4 is 25.8 Å². The van der Waals surface area contributed by atoms with Crippen LogP contribution in [0.25, 0.3) is 0 Å². The van der Waals surface area contributed by atoms with Crippen LogP contribution in [0.5, 0.6) is 0 Å². The van der Waals surface area contributed by atoms with E-state index in [1.165, 1.54) is 0 Å². The fourth-order valence-corrected chi connectivity index (χ4v) is 6.38. The second kappa shape index (κ2) is 14.6. The van der Waals surface area contributed by atoms with Gasteiger partial charge in [0.2, 0.25) is 9.84 Å². The lowest BCUT2D eigenvalue weighted by Gasteiger charge is -2.27. The molecule has 0 radical (unpaired) electrons. The van der Waals surface area contributed by atoms with Crippen molar-refractivity contribution in [2.45, 2.75) is 49.4 Å². The molecule has 0 aliphatic carbocycles. The minimum Gasteiger partial charge on any atom is -0.315 e. The summed E-state index contributed by atoms with van der Waals surface area (Å²) in [5.41, 5.74) is 1.95. The monoisotopic (exact) mass is 578 g/mol. The zero-order chi connectivity index (χ0) is 26.0. The maximum Gasteiger partial charge on any atom is 0.206 e. The van der Waals surface area contributed by atoms with Crippen LogP contribution < -0.4 is 10.6 Å². The first-order chi connectivity index (χ1) is 17.3. The summed E-state index contributed by atoms with van der Waals surface area (Å²) in [6, 6.07) is 13.0. The summed E-state index contributed by atoms with van der Waals surface area (Å²) in [5, 5.41) is 7.02. The molecule has 0 atom stereocenters. The van der Waals surface area contributed by atoms with Gasteiger partial charge in [0.15, 0.2) is 0 Å².